The molecule has 1 aliphatic rings. The first-order chi connectivity index (χ1) is 7.14. The maximum atomic E-state index is 9.39. The van der Waals surface area contributed by atoms with Gasteiger partial charge in [-0.05, 0) is 41.9 Å². The normalized spacial score (nSPS) is 29.1. The van der Waals surface area contributed by atoms with Crippen molar-refractivity contribution in [3.63, 3.8) is 0 Å². The highest BCUT2D eigenvalue weighted by molar-refractivity contribution is 6.32. The molecule has 0 radical (unpaired) electrons. The van der Waals surface area contributed by atoms with Crippen LogP contribution < -0.4 is 0 Å². The van der Waals surface area contributed by atoms with E-state index >= 15 is 0 Å². The van der Waals surface area contributed by atoms with E-state index in [2.05, 4.69) is 13.8 Å². The number of phenolic OH excluding ortho intramolecular Hbond substituents is 1. The molecule has 1 saturated carbocycles. The van der Waals surface area contributed by atoms with Crippen LogP contribution in [0.3, 0.4) is 0 Å². The first-order valence-corrected chi connectivity index (χ1v) is 6.01. The molecular weight excluding hydrogens is 208 g/mol. The Bertz CT molecular complexity index is 375. The van der Waals surface area contributed by atoms with Gasteiger partial charge in [-0.25, -0.2) is 0 Å². The summed E-state index contributed by atoms with van der Waals surface area (Å²) in [6, 6.07) is 5.65. The van der Waals surface area contributed by atoms with Crippen molar-refractivity contribution in [1.82, 2.24) is 0 Å². The highest BCUT2D eigenvalue weighted by Crippen LogP contribution is 2.58. The molecule has 0 saturated heterocycles. The summed E-state index contributed by atoms with van der Waals surface area (Å²) < 4.78 is 0. The lowest BCUT2D eigenvalue weighted by molar-refractivity contribution is 0.474. The minimum absolute atomic E-state index is 0.181. The van der Waals surface area contributed by atoms with Crippen LogP contribution in [0.25, 0.3) is 0 Å². The number of rotatable bonds is 3. The number of hydrogen-bond donors (Lipinski definition) is 1. The van der Waals surface area contributed by atoms with Gasteiger partial charge in [0, 0.05) is 0 Å². The molecule has 2 heteroatoms. The van der Waals surface area contributed by atoms with Crippen LogP contribution in [0.15, 0.2) is 18.2 Å². The Balaban J connectivity index is 2.33. The van der Waals surface area contributed by atoms with E-state index in [1.165, 1.54) is 18.4 Å². The first kappa shape index (κ1) is 10.8. The zero-order chi connectivity index (χ0) is 11.1. The van der Waals surface area contributed by atoms with Gasteiger partial charge >= 0.3 is 0 Å². The molecule has 2 rings (SSSR count). The Morgan fingerprint density at radius 2 is 2.20 bits per heavy atom. The molecule has 1 nitrogen and oxygen atoms in total. The van der Waals surface area contributed by atoms with E-state index in [1.807, 2.05) is 12.1 Å². The van der Waals surface area contributed by atoms with Gasteiger partial charge in [0.2, 0.25) is 0 Å². The van der Waals surface area contributed by atoms with Crippen molar-refractivity contribution < 1.29 is 5.11 Å². The van der Waals surface area contributed by atoms with Gasteiger partial charge in [-0.3, -0.25) is 0 Å². The topological polar surface area (TPSA) is 20.2 Å². The van der Waals surface area contributed by atoms with Crippen molar-refractivity contribution >= 4 is 11.6 Å². The van der Waals surface area contributed by atoms with Crippen molar-refractivity contribution in [2.24, 2.45) is 5.92 Å². The zero-order valence-corrected chi connectivity index (χ0v) is 10.0. The van der Waals surface area contributed by atoms with E-state index in [1.54, 1.807) is 6.07 Å². The van der Waals surface area contributed by atoms with Crippen molar-refractivity contribution in [2.75, 3.05) is 0 Å². The van der Waals surface area contributed by atoms with Crippen LogP contribution in [0, 0.1) is 5.92 Å². The molecule has 1 aromatic carbocycles. The van der Waals surface area contributed by atoms with E-state index in [4.69, 9.17) is 11.6 Å². The zero-order valence-electron chi connectivity index (χ0n) is 9.26. The van der Waals surface area contributed by atoms with E-state index in [9.17, 15) is 5.11 Å². The van der Waals surface area contributed by atoms with Crippen LogP contribution in [0.1, 0.15) is 38.7 Å². The molecule has 0 spiro atoms. The van der Waals surface area contributed by atoms with E-state index in [0.717, 1.165) is 12.3 Å². The summed E-state index contributed by atoms with van der Waals surface area (Å²) in [5.74, 6) is 0.975. The predicted octanol–water partition coefficient (Wildman–Crippen LogP) is 4.12. The summed E-state index contributed by atoms with van der Waals surface area (Å²) in [4.78, 5) is 0. The van der Waals surface area contributed by atoms with Gasteiger partial charge < -0.3 is 5.11 Å². The lowest BCUT2D eigenvalue weighted by Crippen LogP contribution is -2.08. The van der Waals surface area contributed by atoms with E-state index in [-0.39, 0.29) is 5.75 Å². The van der Waals surface area contributed by atoms with Crippen molar-refractivity contribution in [3.8, 4) is 5.75 Å². The lowest BCUT2D eigenvalue weighted by atomic mass is 9.90. The molecular formula is C13H17ClO. The third-order valence-corrected chi connectivity index (χ3v) is 4.18. The van der Waals surface area contributed by atoms with Crippen LogP contribution in [0.5, 0.6) is 5.75 Å². The number of aromatic hydroxyl groups is 1. The Morgan fingerprint density at radius 1 is 1.47 bits per heavy atom. The first-order valence-electron chi connectivity index (χ1n) is 5.63. The minimum Gasteiger partial charge on any atom is -0.506 e. The fourth-order valence-corrected chi connectivity index (χ4v) is 2.90. The molecule has 1 N–H and O–H groups in total. The average molecular weight is 225 g/mol. The number of benzene rings is 1. The molecule has 2 atom stereocenters. The fraction of sp³-hybridized carbons (Fsp3) is 0.538. The van der Waals surface area contributed by atoms with Gasteiger partial charge in [0.05, 0.1) is 5.02 Å². The molecule has 0 amide bonds. The molecule has 1 fully saturated rings. The molecule has 82 valence electrons. The third-order valence-electron chi connectivity index (χ3n) is 3.88. The minimum atomic E-state index is 0.181. The van der Waals surface area contributed by atoms with E-state index < -0.39 is 0 Å². The van der Waals surface area contributed by atoms with Crippen LogP contribution in [0.2, 0.25) is 5.02 Å². The summed E-state index contributed by atoms with van der Waals surface area (Å²) in [5, 5.41) is 9.87. The second kappa shape index (κ2) is 3.71. The highest BCUT2D eigenvalue weighted by atomic mass is 35.5. The Hall–Kier alpha value is -0.690. The van der Waals surface area contributed by atoms with Gasteiger partial charge in [0.15, 0.2) is 0 Å². The highest BCUT2D eigenvalue weighted by Gasteiger charge is 2.52. The molecule has 0 aromatic heterocycles. The second-order valence-electron chi connectivity index (χ2n) is 4.49. The molecule has 1 aliphatic carbocycles. The smallest absolute Gasteiger partial charge is 0.134 e. The summed E-state index contributed by atoms with van der Waals surface area (Å²) in [7, 11) is 0. The van der Waals surface area contributed by atoms with Crippen molar-refractivity contribution in [3.05, 3.63) is 28.8 Å². The standard InChI is InChI=1S/C13H17ClO/c1-3-9-8-13(9,4-2)10-5-6-12(15)11(14)7-10/h5-7,9,15H,3-4,8H2,1-2H3. The molecule has 0 aliphatic heterocycles. The van der Waals surface area contributed by atoms with Gasteiger partial charge in [0.25, 0.3) is 0 Å². The van der Waals surface area contributed by atoms with Gasteiger partial charge in [-0.2, -0.15) is 0 Å². The van der Waals surface area contributed by atoms with Gasteiger partial charge in [-0.15, -0.1) is 0 Å². The molecule has 2 unspecified atom stereocenters. The second-order valence-corrected chi connectivity index (χ2v) is 4.89. The Morgan fingerprint density at radius 3 is 2.67 bits per heavy atom. The number of hydrogen-bond acceptors (Lipinski definition) is 1. The quantitative estimate of drug-likeness (QED) is 0.819. The predicted molar refractivity (Wildman–Crippen MR) is 63.5 cm³/mol. The maximum absolute atomic E-state index is 9.39. The largest absolute Gasteiger partial charge is 0.506 e. The van der Waals surface area contributed by atoms with E-state index in [0.29, 0.717) is 10.4 Å². The fourth-order valence-electron chi connectivity index (χ4n) is 2.72. The number of phenols is 1. The van der Waals surface area contributed by atoms with Crippen LogP contribution in [-0.4, -0.2) is 5.11 Å². The Kier molecular flexibility index (Phi) is 2.68. The van der Waals surface area contributed by atoms with Crippen LogP contribution in [0.4, 0.5) is 0 Å². The monoisotopic (exact) mass is 224 g/mol. The Labute approximate surface area is 96.1 Å². The summed E-state index contributed by atoms with van der Waals surface area (Å²) in [6.45, 7) is 4.47. The SMILES string of the molecule is CCC1CC1(CC)c1ccc(O)c(Cl)c1. The molecule has 15 heavy (non-hydrogen) atoms. The van der Waals surface area contributed by atoms with Gasteiger partial charge in [-0.1, -0.05) is 37.9 Å². The van der Waals surface area contributed by atoms with Crippen molar-refractivity contribution in [1.29, 1.82) is 0 Å². The van der Waals surface area contributed by atoms with Crippen molar-refractivity contribution in [2.45, 2.75) is 38.5 Å². The molecule has 1 aromatic rings. The lowest BCUT2D eigenvalue weighted by Gasteiger charge is -2.16. The van der Waals surface area contributed by atoms with Crippen LogP contribution in [-0.2, 0) is 5.41 Å². The summed E-state index contributed by atoms with van der Waals surface area (Å²) >= 11 is 5.95. The maximum Gasteiger partial charge on any atom is 0.134 e. The third kappa shape index (κ3) is 1.63. The van der Waals surface area contributed by atoms with Gasteiger partial charge in [0.1, 0.15) is 5.75 Å². The molecule has 0 bridgehead atoms. The molecule has 0 heterocycles. The van der Waals surface area contributed by atoms with Crippen LogP contribution >= 0.6 is 11.6 Å². The summed E-state index contributed by atoms with van der Waals surface area (Å²) in [5.41, 5.74) is 1.63. The number of halogens is 1. The summed E-state index contributed by atoms with van der Waals surface area (Å²) in [6.07, 6.45) is 3.65. The average Bonchev–Trinajstić information content (AvgIpc) is 2.97.